The second-order valence-electron chi connectivity index (χ2n) is 6.79. The molecule has 2 fully saturated rings. The van der Waals surface area contributed by atoms with Gasteiger partial charge < -0.3 is 9.14 Å². The number of carbonyl (C=O) groups excluding carboxylic acids is 1. The number of nitrogens with zero attached hydrogens (tertiary/aromatic N) is 2. The van der Waals surface area contributed by atoms with E-state index in [0.717, 1.165) is 30.2 Å². The van der Waals surface area contributed by atoms with Gasteiger partial charge in [-0.2, -0.15) is 0 Å². The van der Waals surface area contributed by atoms with Crippen LogP contribution in [0.2, 0.25) is 0 Å². The number of ether oxygens (including phenoxy) is 1. The summed E-state index contributed by atoms with van der Waals surface area (Å²) in [6.07, 6.45) is 14.1. The summed E-state index contributed by atoms with van der Waals surface area (Å²) in [6, 6.07) is 3.73. The number of esters is 1. The van der Waals surface area contributed by atoms with Crippen molar-refractivity contribution in [1.29, 1.82) is 0 Å². The van der Waals surface area contributed by atoms with Crippen LogP contribution in [-0.2, 0) is 4.74 Å². The van der Waals surface area contributed by atoms with E-state index in [2.05, 4.69) is 4.98 Å². The van der Waals surface area contributed by atoms with Gasteiger partial charge >= 0.3 is 5.97 Å². The smallest absolute Gasteiger partial charge is 0.339 e. The van der Waals surface area contributed by atoms with Gasteiger partial charge in [-0.1, -0.05) is 25.7 Å². The molecule has 0 N–H and O–H groups in total. The van der Waals surface area contributed by atoms with E-state index < -0.39 is 0 Å². The zero-order valence-electron chi connectivity index (χ0n) is 12.8. The third-order valence-corrected chi connectivity index (χ3v) is 5.41. The van der Waals surface area contributed by atoms with Crippen molar-refractivity contribution < 1.29 is 9.53 Å². The Labute approximate surface area is 130 Å². The maximum Gasteiger partial charge on any atom is 0.339 e. The van der Waals surface area contributed by atoms with Gasteiger partial charge in [0.05, 0.1) is 23.6 Å². The largest absolute Gasteiger partial charge is 0.459 e. The second-order valence-corrected chi connectivity index (χ2v) is 6.79. The van der Waals surface area contributed by atoms with E-state index in [9.17, 15) is 4.79 Å². The molecule has 2 aliphatic carbocycles. The lowest BCUT2D eigenvalue weighted by atomic mass is 9.70. The molecule has 4 nitrogen and oxygen atoms in total. The van der Waals surface area contributed by atoms with Crippen molar-refractivity contribution in [2.24, 2.45) is 11.8 Å². The fourth-order valence-electron chi connectivity index (χ4n) is 4.20. The molecule has 0 bridgehead atoms. The SMILES string of the molecule is O=C(OC1CCC2CCCCC2C1)c1ccc2cncn2c1. The number of fused-ring (bicyclic) bond motifs is 2. The fraction of sp³-hybridized carbons (Fsp3) is 0.556. The molecule has 22 heavy (non-hydrogen) atoms. The molecule has 0 aliphatic heterocycles. The Bertz CT molecular complexity index is 679. The van der Waals surface area contributed by atoms with Gasteiger partial charge in [0.25, 0.3) is 0 Å². The van der Waals surface area contributed by atoms with Gasteiger partial charge in [0.1, 0.15) is 6.10 Å². The maximum atomic E-state index is 12.4. The van der Waals surface area contributed by atoms with Crippen LogP contribution in [-0.4, -0.2) is 21.5 Å². The molecule has 0 radical (unpaired) electrons. The van der Waals surface area contributed by atoms with Crippen LogP contribution >= 0.6 is 0 Å². The van der Waals surface area contributed by atoms with E-state index in [1.165, 1.54) is 32.1 Å². The number of hydrogen-bond acceptors (Lipinski definition) is 3. The summed E-state index contributed by atoms with van der Waals surface area (Å²) < 4.78 is 7.63. The van der Waals surface area contributed by atoms with E-state index in [4.69, 9.17) is 4.74 Å². The minimum atomic E-state index is -0.199. The first kappa shape index (κ1) is 13.8. The first-order chi connectivity index (χ1) is 10.8. The van der Waals surface area contributed by atoms with Crippen LogP contribution in [0.5, 0.6) is 0 Å². The lowest BCUT2D eigenvalue weighted by Crippen LogP contribution is -2.33. The zero-order valence-corrected chi connectivity index (χ0v) is 12.8. The topological polar surface area (TPSA) is 43.6 Å². The van der Waals surface area contributed by atoms with E-state index in [-0.39, 0.29) is 12.1 Å². The molecule has 0 spiro atoms. The van der Waals surface area contributed by atoms with Crippen LogP contribution in [0.1, 0.15) is 55.3 Å². The molecule has 4 heteroatoms. The van der Waals surface area contributed by atoms with Crippen molar-refractivity contribution in [2.75, 3.05) is 0 Å². The minimum absolute atomic E-state index is 0.102. The van der Waals surface area contributed by atoms with E-state index in [0.29, 0.717) is 5.56 Å². The maximum absolute atomic E-state index is 12.4. The second kappa shape index (κ2) is 5.75. The third-order valence-electron chi connectivity index (χ3n) is 5.41. The molecule has 0 aromatic carbocycles. The number of imidazole rings is 1. The lowest BCUT2D eigenvalue weighted by molar-refractivity contribution is -0.000966. The average Bonchev–Trinajstić information content (AvgIpc) is 3.02. The minimum Gasteiger partial charge on any atom is -0.459 e. The first-order valence-electron chi connectivity index (χ1n) is 8.42. The van der Waals surface area contributed by atoms with Crippen LogP contribution in [0, 0.1) is 11.8 Å². The zero-order chi connectivity index (χ0) is 14.9. The molecule has 3 atom stereocenters. The molecule has 0 amide bonds. The van der Waals surface area contributed by atoms with Gasteiger partial charge in [0.2, 0.25) is 0 Å². The van der Waals surface area contributed by atoms with Gasteiger partial charge in [-0.25, -0.2) is 9.78 Å². The Kier molecular flexibility index (Phi) is 3.60. The highest BCUT2D eigenvalue weighted by Gasteiger charge is 2.33. The quantitative estimate of drug-likeness (QED) is 0.791. The molecule has 2 aliphatic rings. The van der Waals surface area contributed by atoms with E-state index in [1.807, 2.05) is 16.5 Å². The summed E-state index contributed by atoms with van der Waals surface area (Å²) in [5.41, 5.74) is 1.59. The first-order valence-corrected chi connectivity index (χ1v) is 8.42. The summed E-state index contributed by atoms with van der Waals surface area (Å²) in [4.78, 5) is 16.5. The highest BCUT2D eigenvalue weighted by molar-refractivity contribution is 5.89. The molecule has 3 unspecified atom stereocenters. The Morgan fingerprint density at radius 2 is 2.00 bits per heavy atom. The number of pyridine rings is 1. The summed E-state index contributed by atoms with van der Waals surface area (Å²) in [5.74, 6) is 1.46. The molecule has 116 valence electrons. The molecule has 2 heterocycles. The van der Waals surface area contributed by atoms with Crippen LogP contribution < -0.4 is 0 Å². The Morgan fingerprint density at radius 3 is 2.91 bits per heavy atom. The van der Waals surface area contributed by atoms with Crippen molar-refractivity contribution >= 4 is 11.5 Å². The molecular weight excluding hydrogens is 276 g/mol. The molecule has 2 aromatic heterocycles. The number of rotatable bonds is 2. The predicted octanol–water partition coefficient (Wildman–Crippen LogP) is 3.85. The van der Waals surface area contributed by atoms with Crippen molar-refractivity contribution in [1.82, 2.24) is 9.38 Å². The van der Waals surface area contributed by atoms with Crippen LogP contribution in [0.3, 0.4) is 0 Å². The Morgan fingerprint density at radius 1 is 1.14 bits per heavy atom. The predicted molar refractivity (Wildman–Crippen MR) is 83.7 cm³/mol. The normalized spacial score (nSPS) is 28.3. The highest BCUT2D eigenvalue weighted by Crippen LogP contribution is 2.41. The van der Waals surface area contributed by atoms with E-state index in [1.54, 1.807) is 18.7 Å². The number of carbonyl (C=O) groups is 1. The standard InChI is InChI=1S/C18H22N2O2/c21-18(15-5-7-16-10-19-12-20(16)11-15)22-17-8-6-13-3-1-2-4-14(13)9-17/h5,7,10-14,17H,1-4,6,8-9H2. The van der Waals surface area contributed by atoms with Crippen molar-refractivity contribution in [3.05, 3.63) is 36.4 Å². The van der Waals surface area contributed by atoms with Crippen molar-refractivity contribution in [3.8, 4) is 0 Å². The summed E-state index contributed by atoms with van der Waals surface area (Å²) in [6.45, 7) is 0. The van der Waals surface area contributed by atoms with Gasteiger partial charge in [-0.05, 0) is 43.2 Å². The van der Waals surface area contributed by atoms with Gasteiger partial charge in [-0.3, -0.25) is 0 Å². The summed E-state index contributed by atoms with van der Waals surface area (Å²) >= 11 is 0. The fourth-order valence-corrected chi connectivity index (χ4v) is 4.20. The summed E-state index contributed by atoms with van der Waals surface area (Å²) in [7, 11) is 0. The molecule has 0 saturated heterocycles. The Balaban J connectivity index is 1.43. The van der Waals surface area contributed by atoms with E-state index >= 15 is 0 Å². The van der Waals surface area contributed by atoms with Crippen LogP contribution in [0.4, 0.5) is 0 Å². The van der Waals surface area contributed by atoms with Gasteiger partial charge in [-0.15, -0.1) is 0 Å². The average molecular weight is 298 g/mol. The monoisotopic (exact) mass is 298 g/mol. The molecule has 2 aromatic rings. The molecule has 2 saturated carbocycles. The van der Waals surface area contributed by atoms with Gasteiger partial charge in [0, 0.05) is 6.20 Å². The highest BCUT2D eigenvalue weighted by atomic mass is 16.5. The van der Waals surface area contributed by atoms with Crippen LogP contribution in [0.15, 0.2) is 30.9 Å². The molecule has 4 rings (SSSR count). The lowest BCUT2D eigenvalue weighted by Gasteiger charge is -2.38. The number of aromatic nitrogens is 2. The van der Waals surface area contributed by atoms with Gasteiger partial charge in [0.15, 0.2) is 0 Å². The third kappa shape index (κ3) is 2.62. The van der Waals surface area contributed by atoms with Crippen LogP contribution in [0.25, 0.3) is 5.52 Å². The van der Waals surface area contributed by atoms with Crippen molar-refractivity contribution in [3.63, 3.8) is 0 Å². The Hall–Kier alpha value is -1.84. The number of hydrogen-bond donors (Lipinski definition) is 0. The van der Waals surface area contributed by atoms with Crippen molar-refractivity contribution in [2.45, 2.75) is 51.0 Å². The molecular formula is C18H22N2O2. The summed E-state index contributed by atoms with van der Waals surface area (Å²) in [5, 5.41) is 0.